The van der Waals surface area contributed by atoms with Crippen LogP contribution in [0, 0.1) is 5.82 Å². The highest BCUT2D eigenvalue weighted by Crippen LogP contribution is 2.36. The maximum atomic E-state index is 14.3. The number of anilines is 6. The Balaban J connectivity index is 1.45. The molecule has 0 saturated heterocycles. The fourth-order valence-electron chi connectivity index (χ4n) is 4.43. The van der Waals surface area contributed by atoms with Gasteiger partial charge in [-0.2, -0.15) is 0 Å². The molecular weight excluding hydrogens is 601 g/mol. The topological polar surface area (TPSA) is 167 Å². The van der Waals surface area contributed by atoms with Gasteiger partial charge in [0, 0.05) is 36.1 Å². The predicted octanol–water partition coefficient (Wildman–Crippen LogP) is 4.97. The van der Waals surface area contributed by atoms with Gasteiger partial charge in [0.05, 0.1) is 54.4 Å². The third kappa shape index (κ3) is 7.44. The fourth-order valence-corrected chi connectivity index (χ4v) is 4.99. The van der Waals surface area contributed by atoms with E-state index in [-0.39, 0.29) is 36.1 Å². The molecule has 1 atom stereocenters. The van der Waals surface area contributed by atoms with Gasteiger partial charge in [0.1, 0.15) is 17.3 Å². The van der Waals surface area contributed by atoms with E-state index in [1.54, 1.807) is 66.7 Å². The number of ether oxygens (including phenoxy) is 2. The summed E-state index contributed by atoms with van der Waals surface area (Å²) in [4.78, 5) is 22.0. The molecule has 0 fully saturated rings. The van der Waals surface area contributed by atoms with Crippen molar-refractivity contribution in [2.45, 2.75) is 6.54 Å². The van der Waals surface area contributed by atoms with Crippen molar-refractivity contribution in [1.82, 2.24) is 9.97 Å². The summed E-state index contributed by atoms with van der Waals surface area (Å²) in [6.45, 7) is -0.0498. The van der Waals surface area contributed by atoms with Gasteiger partial charge in [-0.25, -0.2) is 14.4 Å². The first kappa shape index (κ1) is 31.1. The van der Waals surface area contributed by atoms with Gasteiger partial charge in [0.15, 0.2) is 11.6 Å². The lowest BCUT2D eigenvalue weighted by Crippen LogP contribution is -2.24. The third-order valence-electron chi connectivity index (χ3n) is 6.58. The van der Waals surface area contributed by atoms with Gasteiger partial charge in [-0.3, -0.25) is 13.3 Å². The van der Waals surface area contributed by atoms with E-state index in [4.69, 9.17) is 15.2 Å². The molecule has 0 saturated carbocycles. The molecule has 1 aromatic heterocycles. The van der Waals surface area contributed by atoms with Gasteiger partial charge in [0.2, 0.25) is 5.91 Å². The minimum atomic E-state index is -2.87. The first-order valence-corrected chi connectivity index (χ1v) is 14.6. The highest BCUT2D eigenvalue weighted by molar-refractivity contribution is 7.81. The summed E-state index contributed by atoms with van der Waals surface area (Å²) in [6, 6.07) is 22.8. The Morgan fingerprint density at radius 2 is 1.64 bits per heavy atom. The molecule has 1 amide bonds. The zero-order chi connectivity index (χ0) is 31.9. The average molecular weight is 631 g/mol. The number of methoxy groups -OCH3 is 2. The minimum Gasteiger partial charge on any atom is -0.755 e. The Labute approximate surface area is 260 Å². The molecule has 1 heterocycles. The summed E-state index contributed by atoms with van der Waals surface area (Å²) in [5, 5.41) is 8.59. The van der Waals surface area contributed by atoms with Crippen molar-refractivity contribution in [3.05, 3.63) is 96.3 Å². The zero-order valence-corrected chi connectivity index (χ0v) is 25.1. The number of nitrogens with zero attached hydrogens (tertiary/aromatic N) is 3. The van der Waals surface area contributed by atoms with Crippen LogP contribution in [0.25, 0.3) is 11.0 Å². The van der Waals surface area contributed by atoms with E-state index in [0.29, 0.717) is 39.5 Å². The Morgan fingerprint density at radius 1 is 0.933 bits per heavy atom. The number of hydrogen-bond donors (Lipinski definition) is 4. The number of hydrogen-bond acceptors (Lipinski definition) is 10. The zero-order valence-electron chi connectivity index (χ0n) is 24.2. The van der Waals surface area contributed by atoms with Crippen molar-refractivity contribution in [2.75, 3.05) is 41.0 Å². The summed E-state index contributed by atoms with van der Waals surface area (Å²) in [5.41, 5.74) is 8.28. The number of aromatic nitrogens is 2. The van der Waals surface area contributed by atoms with Gasteiger partial charge >= 0.3 is 0 Å². The highest BCUT2D eigenvalue weighted by atomic mass is 32.2. The molecule has 0 spiro atoms. The molecule has 0 aliphatic rings. The van der Waals surface area contributed by atoms with Crippen molar-refractivity contribution in [3.63, 3.8) is 0 Å². The maximum absolute atomic E-state index is 14.3. The van der Waals surface area contributed by atoms with Crippen LogP contribution in [0.2, 0.25) is 0 Å². The van der Waals surface area contributed by atoms with E-state index in [1.807, 2.05) is 0 Å². The summed E-state index contributed by atoms with van der Waals surface area (Å²) in [5.74, 6) is 0.105. The monoisotopic (exact) mass is 630 g/mol. The van der Waals surface area contributed by atoms with Gasteiger partial charge < -0.3 is 35.7 Å². The number of carbonyl (C=O) groups excluding carboxylic acids is 1. The molecule has 5 rings (SSSR count). The molecule has 5 N–H and O–H groups in total. The van der Waals surface area contributed by atoms with Gasteiger partial charge in [-0.15, -0.1) is 0 Å². The van der Waals surface area contributed by atoms with E-state index in [2.05, 4.69) is 25.9 Å². The summed E-state index contributed by atoms with van der Waals surface area (Å²) in [7, 11) is 3.03. The lowest BCUT2D eigenvalue weighted by atomic mass is 10.2. The molecule has 0 aliphatic heterocycles. The molecule has 232 valence electrons. The van der Waals surface area contributed by atoms with Crippen LogP contribution in [0.1, 0.15) is 5.56 Å². The minimum absolute atomic E-state index is 0.0228. The number of carbonyl (C=O) groups is 1. The standard InChI is InChI=1S/C31H30FN7O5S/c1-43-23-14-21(15-24(16-23)44-2)36-30-31(38-28-9-4-3-8-27(28)37-30)39(45(41)42)22-7-5-6-20(13-22)35-29(40)18-34-26-11-10-19(17-33)12-25(26)32/h3-16,34H,17-18,33H2,1-2H3,(H,35,40)(H,36,37)(H,41,42)/p-1. The smallest absolute Gasteiger partial charge is 0.243 e. The molecule has 1 unspecified atom stereocenters. The second-order valence-corrected chi connectivity index (χ2v) is 10.4. The van der Waals surface area contributed by atoms with Crippen molar-refractivity contribution >= 4 is 62.6 Å². The second kappa shape index (κ2) is 14.0. The number of nitrogens with one attached hydrogen (secondary N) is 3. The number of rotatable bonds is 12. The van der Waals surface area contributed by atoms with Crippen molar-refractivity contribution in [3.8, 4) is 11.5 Å². The quantitative estimate of drug-likeness (QED) is 0.138. The Hall–Kier alpha value is -5.31. The van der Waals surface area contributed by atoms with E-state index in [1.165, 1.54) is 32.4 Å². The molecule has 5 aromatic rings. The molecule has 4 aromatic carbocycles. The summed E-state index contributed by atoms with van der Waals surface area (Å²) in [6.07, 6.45) is 0. The van der Waals surface area contributed by atoms with Crippen LogP contribution in [-0.2, 0) is 22.6 Å². The number of halogens is 1. The van der Waals surface area contributed by atoms with Crippen molar-refractivity contribution in [1.29, 1.82) is 0 Å². The predicted molar refractivity (Wildman–Crippen MR) is 171 cm³/mol. The maximum Gasteiger partial charge on any atom is 0.243 e. The highest BCUT2D eigenvalue weighted by Gasteiger charge is 2.21. The SMILES string of the molecule is COc1cc(Nc2nc3ccccc3nc2N(c2cccc(NC(=O)CNc3ccc(CN)cc3F)c2)S(=O)[O-])cc(OC)c1. The van der Waals surface area contributed by atoms with Crippen LogP contribution >= 0.6 is 0 Å². The van der Waals surface area contributed by atoms with Crippen LogP contribution in [0.4, 0.5) is 38.8 Å². The lowest BCUT2D eigenvalue weighted by Gasteiger charge is -2.27. The largest absolute Gasteiger partial charge is 0.755 e. The molecule has 45 heavy (non-hydrogen) atoms. The molecule has 0 radical (unpaired) electrons. The van der Waals surface area contributed by atoms with Gasteiger partial charge in [0.25, 0.3) is 0 Å². The lowest BCUT2D eigenvalue weighted by molar-refractivity contribution is -0.114. The van der Waals surface area contributed by atoms with E-state index < -0.39 is 23.0 Å². The van der Waals surface area contributed by atoms with Crippen molar-refractivity contribution < 1.29 is 27.4 Å². The van der Waals surface area contributed by atoms with E-state index in [9.17, 15) is 17.9 Å². The second-order valence-electron chi connectivity index (χ2n) is 9.59. The van der Waals surface area contributed by atoms with E-state index >= 15 is 0 Å². The Bertz CT molecular complexity index is 1850. The molecule has 14 heteroatoms. The Kier molecular flexibility index (Phi) is 9.67. The van der Waals surface area contributed by atoms with Crippen LogP contribution < -0.4 is 35.5 Å². The number of fused-ring (bicyclic) bond motifs is 1. The summed E-state index contributed by atoms with van der Waals surface area (Å²) >= 11 is -2.87. The molecule has 12 nitrogen and oxygen atoms in total. The number of para-hydroxylation sites is 2. The Morgan fingerprint density at radius 3 is 2.29 bits per heavy atom. The normalized spacial score (nSPS) is 11.5. The van der Waals surface area contributed by atoms with Crippen LogP contribution in [0.5, 0.6) is 11.5 Å². The third-order valence-corrected chi connectivity index (χ3v) is 7.26. The number of nitrogens with two attached hydrogens (primary N) is 1. The average Bonchev–Trinajstić information content (AvgIpc) is 3.04. The first-order chi connectivity index (χ1) is 21.8. The fraction of sp³-hybridized carbons (Fsp3) is 0.129. The molecular formula is C31H29FN7O5S-. The van der Waals surface area contributed by atoms with Crippen LogP contribution in [0.15, 0.2) is 84.9 Å². The molecule has 0 bridgehead atoms. The van der Waals surface area contributed by atoms with E-state index in [0.717, 1.165) is 4.31 Å². The van der Waals surface area contributed by atoms with Crippen molar-refractivity contribution in [2.24, 2.45) is 5.73 Å². The number of amides is 1. The summed E-state index contributed by atoms with van der Waals surface area (Å²) < 4.78 is 51.5. The van der Waals surface area contributed by atoms with Gasteiger partial charge in [-0.1, -0.05) is 24.3 Å². The van der Waals surface area contributed by atoms with Gasteiger partial charge in [-0.05, 0) is 48.0 Å². The van der Waals surface area contributed by atoms with Crippen LogP contribution in [-0.4, -0.2) is 45.4 Å². The molecule has 0 aliphatic carbocycles. The van der Waals surface area contributed by atoms with Crippen LogP contribution in [0.3, 0.4) is 0 Å². The number of benzene rings is 4. The first-order valence-electron chi connectivity index (χ1n) is 13.6.